The Bertz CT molecular complexity index is 182. The average molecular weight is 165 g/mol. The zero-order chi connectivity index (χ0) is 8.39. The summed E-state index contributed by atoms with van der Waals surface area (Å²) in [5.41, 5.74) is 3.20. The van der Waals surface area contributed by atoms with E-state index in [4.69, 9.17) is 0 Å². The first-order chi connectivity index (χ1) is 5.86. The van der Waals surface area contributed by atoms with Crippen LogP contribution in [0.4, 0.5) is 0 Å². The maximum absolute atomic E-state index is 4.22. The van der Waals surface area contributed by atoms with Gasteiger partial charge in [0.15, 0.2) is 0 Å². The van der Waals surface area contributed by atoms with Gasteiger partial charge in [0.05, 0.1) is 0 Å². The summed E-state index contributed by atoms with van der Waals surface area (Å²) in [5.74, 6) is 1.79. The first-order valence-corrected chi connectivity index (χ1v) is 4.70. The Morgan fingerprint density at radius 2 is 2.17 bits per heavy atom. The first kappa shape index (κ1) is 8.05. The van der Waals surface area contributed by atoms with Gasteiger partial charge in [-0.15, -0.1) is 0 Å². The molecule has 0 bridgehead atoms. The van der Waals surface area contributed by atoms with Gasteiger partial charge < -0.3 is 5.43 Å². The summed E-state index contributed by atoms with van der Waals surface area (Å²) in [6.45, 7) is 2.88. The van der Waals surface area contributed by atoms with Gasteiger partial charge in [-0.05, 0) is 12.8 Å². The molecule has 1 fully saturated rings. The summed E-state index contributed by atoms with van der Waals surface area (Å²) < 4.78 is 0. The fourth-order valence-corrected chi connectivity index (χ4v) is 1.91. The number of aliphatic imine (C=N–C) groups is 1. The summed E-state index contributed by atoms with van der Waals surface area (Å²) in [6.07, 6.45) is 6.69. The molecule has 1 heterocycles. The van der Waals surface area contributed by atoms with Crippen LogP contribution in [0.5, 0.6) is 0 Å². The van der Waals surface area contributed by atoms with Crippen LogP contribution in [0.2, 0.25) is 0 Å². The lowest BCUT2D eigenvalue weighted by Gasteiger charge is -2.22. The summed E-state index contributed by atoms with van der Waals surface area (Å²) >= 11 is 0. The SMILES string of the molecule is CN1[C]N=C(C2CCCCC2)N1. The minimum atomic E-state index is 0.663. The molecule has 0 amide bonds. The normalized spacial score (nSPS) is 26.9. The molecule has 66 valence electrons. The number of nitrogens with one attached hydrogen (secondary N) is 1. The van der Waals surface area contributed by atoms with Crippen molar-refractivity contribution in [2.45, 2.75) is 32.1 Å². The number of hydrogen-bond acceptors (Lipinski definition) is 3. The van der Waals surface area contributed by atoms with Gasteiger partial charge >= 0.3 is 0 Å². The molecule has 2 radical (unpaired) electrons. The van der Waals surface area contributed by atoms with Crippen LogP contribution >= 0.6 is 0 Å². The van der Waals surface area contributed by atoms with Crippen LogP contribution < -0.4 is 5.43 Å². The van der Waals surface area contributed by atoms with Crippen LogP contribution in [-0.2, 0) is 0 Å². The lowest BCUT2D eigenvalue weighted by molar-refractivity contribution is 0.365. The Labute approximate surface area is 73.8 Å². The van der Waals surface area contributed by atoms with Gasteiger partial charge in [-0.1, -0.05) is 19.3 Å². The van der Waals surface area contributed by atoms with Crippen LogP contribution in [-0.4, -0.2) is 17.9 Å². The van der Waals surface area contributed by atoms with E-state index >= 15 is 0 Å². The number of rotatable bonds is 1. The maximum Gasteiger partial charge on any atom is 0.220 e. The highest BCUT2D eigenvalue weighted by molar-refractivity contribution is 5.85. The molecule has 1 N–H and O–H groups in total. The molecule has 2 aliphatic rings. The van der Waals surface area contributed by atoms with Gasteiger partial charge in [0.2, 0.25) is 6.67 Å². The number of hydrogen-bond donors (Lipinski definition) is 1. The lowest BCUT2D eigenvalue weighted by atomic mass is 9.88. The molecule has 0 unspecified atom stereocenters. The summed E-state index contributed by atoms with van der Waals surface area (Å²) in [4.78, 5) is 4.22. The lowest BCUT2D eigenvalue weighted by Crippen LogP contribution is -2.35. The second-order valence-electron chi connectivity index (χ2n) is 3.60. The largest absolute Gasteiger partial charge is 0.304 e. The topological polar surface area (TPSA) is 27.6 Å². The maximum atomic E-state index is 4.22. The zero-order valence-corrected chi connectivity index (χ0v) is 7.51. The highest BCUT2D eigenvalue weighted by Gasteiger charge is 2.23. The van der Waals surface area contributed by atoms with Crippen molar-refractivity contribution in [1.29, 1.82) is 0 Å². The molecule has 3 heteroatoms. The highest BCUT2D eigenvalue weighted by Crippen LogP contribution is 2.25. The Morgan fingerprint density at radius 1 is 1.42 bits per heavy atom. The molecule has 1 aliphatic heterocycles. The number of hydrazine groups is 1. The molecule has 3 nitrogen and oxygen atoms in total. The van der Waals surface area contributed by atoms with E-state index < -0.39 is 0 Å². The van der Waals surface area contributed by atoms with Crippen molar-refractivity contribution < 1.29 is 0 Å². The van der Waals surface area contributed by atoms with Crippen molar-refractivity contribution in [3.63, 3.8) is 0 Å². The quantitative estimate of drug-likeness (QED) is 0.636. The van der Waals surface area contributed by atoms with Crippen LogP contribution in [0.3, 0.4) is 0 Å². The Balaban J connectivity index is 1.91. The van der Waals surface area contributed by atoms with Gasteiger partial charge in [-0.3, -0.25) is 0 Å². The Kier molecular flexibility index (Phi) is 2.30. The van der Waals surface area contributed by atoms with E-state index in [1.54, 1.807) is 5.01 Å². The molecule has 2 rings (SSSR count). The fourth-order valence-electron chi connectivity index (χ4n) is 1.91. The third-order valence-electron chi connectivity index (χ3n) is 2.59. The summed E-state index contributed by atoms with van der Waals surface area (Å²) in [5, 5.41) is 1.80. The molecular weight excluding hydrogens is 150 g/mol. The minimum absolute atomic E-state index is 0.663. The Hall–Kier alpha value is -0.570. The first-order valence-electron chi connectivity index (χ1n) is 4.70. The number of amidine groups is 1. The van der Waals surface area contributed by atoms with Gasteiger partial charge in [0.25, 0.3) is 0 Å². The van der Waals surface area contributed by atoms with E-state index in [9.17, 15) is 0 Å². The molecule has 0 saturated heterocycles. The van der Waals surface area contributed by atoms with Crippen molar-refractivity contribution in [2.75, 3.05) is 7.05 Å². The number of nitrogens with zero attached hydrogens (tertiary/aromatic N) is 2. The van der Waals surface area contributed by atoms with E-state index in [-0.39, 0.29) is 0 Å². The zero-order valence-electron chi connectivity index (χ0n) is 7.51. The summed E-state index contributed by atoms with van der Waals surface area (Å²) in [7, 11) is 1.93. The molecule has 0 aromatic rings. The second-order valence-corrected chi connectivity index (χ2v) is 3.60. The van der Waals surface area contributed by atoms with Gasteiger partial charge in [0, 0.05) is 13.0 Å². The molecule has 12 heavy (non-hydrogen) atoms. The van der Waals surface area contributed by atoms with Crippen molar-refractivity contribution in [3.8, 4) is 0 Å². The molecule has 0 aromatic heterocycles. The van der Waals surface area contributed by atoms with Crippen LogP contribution in [0.15, 0.2) is 4.99 Å². The molecule has 1 saturated carbocycles. The minimum Gasteiger partial charge on any atom is -0.304 e. The highest BCUT2D eigenvalue weighted by atomic mass is 15.6. The monoisotopic (exact) mass is 165 g/mol. The summed E-state index contributed by atoms with van der Waals surface area (Å²) in [6, 6.07) is 0. The average Bonchev–Trinajstić information content (AvgIpc) is 2.54. The van der Waals surface area contributed by atoms with E-state index in [2.05, 4.69) is 17.1 Å². The predicted octanol–water partition coefficient (Wildman–Crippen LogP) is 1.41. The fraction of sp³-hybridized carbons (Fsp3) is 0.778. The van der Waals surface area contributed by atoms with Crippen molar-refractivity contribution in [2.24, 2.45) is 10.9 Å². The molecule has 0 atom stereocenters. The second kappa shape index (κ2) is 3.44. The Morgan fingerprint density at radius 3 is 2.75 bits per heavy atom. The third-order valence-corrected chi connectivity index (χ3v) is 2.59. The van der Waals surface area contributed by atoms with E-state index in [1.165, 1.54) is 32.1 Å². The third kappa shape index (κ3) is 1.61. The molecule has 1 aliphatic carbocycles. The van der Waals surface area contributed by atoms with Crippen LogP contribution in [0, 0.1) is 12.6 Å². The van der Waals surface area contributed by atoms with Crippen molar-refractivity contribution in [3.05, 3.63) is 6.67 Å². The van der Waals surface area contributed by atoms with Crippen molar-refractivity contribution in [1.82, 2.24) is 10.4 Å². The van der Waals surface area contributed by atoms with Crippen molar-refractivity contribution >= 4 is 5.84 Å². The van der Waals surface area contributed by atoms with Crippen LogP contribution in [0.1, 0.15) is 32.1 Å². The molecule has 0 spiro atoms. The van der Waals surface area contributed by atoms with E-state index in [0.717, 1.165) is 5.84 Å². The molecule has 0 aromatic carbocycles. The van der Waals surface area contributed by atoms with Crippen LogP contribution in [0.25, 0.3) is 0 Å². The van der Waals surface area contributed by atoms with Gasteiger partial charge in [-0.25, -0.2) is 4.99 Å². The predicted molar refractivity (Wildman–Crippen MR) is 48.2 cm³/mol. The van der Waals surface area contributed by atoms with E-state index in [0.29, 0.717) is 5.92 Å². The van der Waals surface area contributed by atoms with Gasteiger partial charge in [0.1, 0.15) is 5.84 Å². The van der Waals surface area contributed by atoms with E-state index in [1.807, 2.05) is 7.05 Å². The molecular formula is C9H15N3. The van der Waals surface area contributed by atoms with Gasteiger partial charge in [-0.2, -0.15) is 5.01 Å². The smallest absolute Gasteiger partial charge is 0.220 e. The standard InChI is InChI=1S/C9H15N3/c1-12-7-10-9(11-12)8-5-3-2-4-6-8/h8H,2-6H2,1H3,(H,10,11).